The molecule has 0 radical (unpaired) electrons. The minimum Gasteiger partial charge on any atom is -0.338 e. The van der Waals surface area contributed by atoms with Crippen LogP contribution in [0.5, 0.6) is 0 Å². The average molecular weight is 336 g/mol. The fourth-order valence-electron chi connectivity index (χ4n) is 3.08. The Bertz CT molecular complexity index is 901. The molecule has 3 rings (SSSR count). The van der Waals surface area contributed by atoms with Gasteiger partial charge in [0.15, 0.2) is 15.5 Å². The lowest BCUT2D eigenvalue weighted by atomic mass is 10.1. The Hall–Kier alpha value is -1.96. The van der Waals surface area contributed by atoms with Gasteiger partial charge in [0.1, 0.15) is 0 Å². The number of carbonyl (C=O) groups is 1. The second kappa shape index (κ2) is 5.30. The molecule has 0 saturated carbocycles. The third-order valence-electron chi connectivity index (χ3n) is 4.50. The van der Waals surface area contributed by atoms with Crippen LogP contribution in [-0.4, -0.2) is 58.6 Å². The van der Waals surface area contributed by atoms with Gasteiger partial charge in [-0.1, -0.05) is 0 Å². The lowest BCUT2D eigenvalue weighted by molar-refractivity contribution is 0.0746. The van der Waals surface area contributed by atoms with Gasteiger partial charge in [0.25, 0.3) is 5.91 Å². The maximum Gasteiger partial charge on any atom is 0.255 e. The fourth-order valence-corrected chi connectivity index (χ4v) is 4.86. The van der Waals surface area contributed by atoms with Crippen molar-refractivity contribution < 1.29 is 13.2 Å². The summed E-state index contributed by atoms with van der Waals surface area (Å²) >= 11 is 0. The number of hydrogen-bond donors (Lipinski definition) is 0. The van der Waals surface area contributed by atoms with E-state index in [4.69, 9.17) is 0 Å². The van der Waals surface area contributed by atoms with Crippen LogP contribution in [0, 0.1) is 13.8 Å². The lowest BCUT2D eigenvalue weighted by Crippen LogP contribution is -2.38. The van der Waals surface area contributed by atoms with E-state index in [0.717, 1.165) is 16.7 Å². The summed E-state index contributed by atoms with van der Waals surface area (Å²) in [5.74, 6) is -0.00868. The van der Waals surface area contributed by atoms with Crippen LogP contribution in [0.3, 0.4) is 0 Å². The summed E-state index contributed by atoms with van der Waals surface area (Å²) in [6, 6.07) is 1.54. The number of amides is 1. The normalized spacial score (nSPS) is 20.1. The Kier molecular flexibility index (Phi) is 3.66. The molecule has 2 aromatic heterocycles. The first-order valence-corrected chi connectivity index (χ1v) is 9.30. The van der Waals surface area contributed by atoms with E-state index in [1.54, 1.807) is 18.7 Å². The largest absolute Gasteiger partial charge is 0.338 e. The highest BCUT2D eigenvalue weighted by molar-refractivity contribution is 7.91. The zero-order chi connectivity index (χ0) is 16.9. The fraction of sp³-hybridized carbons (Fsp3) is 0.533. The molecule has 0 aromatic carbocycles. The van der Waals surface area contributed by atoms with Gasteiger partial charge in [0.2, 0.25) is 0 Å². The summed E-state index contributed by atoms with van der Waals surface area (Å²) in [6.07, 6.45) is 0.491. The summed E-state index contributed by atoms with van der Waals surface area (Å²) in [6.45, 7) is 3.66. The minimum atomic E-state index is -3.03. The second-order valence-electron chi connectivity index (χ2n) is 6.17. The predicted molar refractivity (Wildman–Crippen MR) is 87.1 cm³/mol. The Morgan fingerprint density at radius 2 is 2.04 bits per heavy atom. The third-order valence-corrected chi connectivity index (χ3v) is 6.25. The zero-order valence-electron chi connectivity index (χ0n) is 13.7. The van der Waals surface area contributed by atoms with Gasteiger partial charge in [-0.15, -0.1) is 0 Å². The molecular formula is C15H20N4O3S. The van der Waals surface area contributed by atoms with Crippen LogP contribution in [0.25, 0.3) is 11.0 Å². The van der Waals surface area contributed by atoms with Crippen LogP contribution in [0.15, 0.2) is 6.07 Å². The SMILES string of the molecule is Cc1nc2c(cc1C(=O)N(C)C1CCS(=O)(=O)C1)c(C)nn2C. The van der Waals surface area contributed by atoms with Crippen LogP contribution in [-0.2, 0) is 16.9 Å². The molecular weight excluding hydrogens is 316 g/mol. The van der Waals surface area contributed by atoms with Gasteiger partial charge in [0, 0.05) is 25.5 Å². The molecule has 8 heteroatoms. The monoisotopic (exact) mass is 336 g/mol. The molecule has 7 nitrogen and oxygen atoms in total. The Labute approximate surface area is 135 Å². The van der Waals surface area contributed by atoms with Crippen LogP contribution < -0.4 is 0 Å². The van der Waals surface area contributed by atoms with Gasteiger partial charge in [-0.3, -0.25) is 9.48 Å². The van der Waals surface area contributed by atoms with Crippen LogP contribution in [0.2, 0.25) is 0 Å². The molecule has 1 atom stereocenters. The molecule has 2 aromatic rings. The van der Waals surface area contributed by atoms with E-state index in [-0.39, 0.29) is 23.5 Å². The molecule has 0 spiro atoms. The molecule has 124 valence electrons. The summed E-state index contributed by atoms with van der Waals surface area (Å²) in [4.78, 5) is 18.8. The van der Waals surface area contributed by atoms with Crippen molar-refractivity contribution in [3.8, 4) is 0 Å². The molecule has 23 heavy (non-hydrogen) atoms. The van der Waals surface area contributed by atoms with Gasteiger partial charge in [-0.2, -0.15) is 5.10 Å². The highest BCUT2D eigenvalue weighted by atomic mass is 32.2. The predicted octanol–water partition coefficient (Wildman–Crippen LogP) is 0.844. The number of rotatable bonds is 2. The van der Waals surface area contributed by atoms with Gasteiger partial charge < -0.3 is 4.90 Å². The van der Waals surface area contributed by atoms with Gasteiger partial charge >= 0.3 is 0 Å². The standard InChI is InChI=1S/C15H20N4O3S/c1-9-13(7-12-10(2)17-19(4)14(12)16-9)15(20)18(3)11-5-6-23(21,22)8-11/h7,11H,5-6,8H2,1-4H3. The van der Waals surface area contributed by atoms with Crippen molar-refractivity contribution in [2.75, 3.05) is 18.6 Å². The molecule has 1 aliphatic heterocycles. The number of fused-ring (bicyclic) bond motifs is 1. The highest BCUT2D eigenvalue weighted by Gasteiger charge is 2.33. The van der Waals surface area contributed by atoms with Crippen LogP contribution in [0.1, 0.15) is 28.2 Å². The van der Waals surface area contributed by atoms with Crippen molar-refractivity contribution >= 4 is 26.8 Å². The molecule has 0 aliphatic carbocycles. The topological polar surface area (TPSA) is 85.2 Å². The number of nitrogens with zero attached hydrogens (tertiary/aromatic N) is 4. The van der Waals surface area contributed by atoms with Crippen molar-refractivity contribution in [3.05, 3.63) is 23.0 Å². The van der Waals surface area contributed by atoms with Crippen molar-refractivity contribution in [2.24, 2.45) is 7.05 Å². The minimum absolute atomic E-state index is 0.0376. The summed E-state index contributed by atoms with van der Waals surface area (Å²) in [7, 11) is 0.451. The average Bonchev–Trinajstić information content (AvgIpc) is 2.97. The smallest absolute Gasteiger partial charge is 0.255 e. The molecule has 1 unspecified atom stereocenters. The van der Waals surface area contributed by atoms with Gasteiger partial charge in [-0.25, -0.2) is 13.4 Å². The lowest BCUT2D eigenvalue weighted by Gasteiger charge is -2.24. The molecule has 1 amide bonds. The van der Waals surface area contributed by atoms with Crippen molar-refractivity contribution in [1.82, 2.24) is 19.7 Å². The van der Waals surface area contributed by atoms with E-state index in [9.17, 15) is 13.2 Å². The summed E-state index contributed by atoms with van der Waals surface area (Å²) < 4.78 is 25.0. The van der Waals surface area contributed by atoms with Crippen LogP contribution in [0.4, 0.5) is 0 Å². The number of pyridine rings is 1. The van der Waals surface area contributed by atoms with Crippen molar-refractivity contribution in [2.45, 2.75) is 26.3 Å². The maximum atomic E-state index is 12.8. The molecule has 1 aliphatic rings. The maximum absolute atomic E-state index is 12.8. The highest BCUT2D eigenvalue weighted by Crippen LogP contribution is 2.23. The molecule has 1 saturated heterocycles. The number of sulfone groups is 1. The quantitative estimate of drug-likeness (QED) is 0.811. The van der Waals surface area contributed by atoms with E-state index >= 15 is 0 Å². The van der Waals surface area contributed by atoms with E-state index in [1.807, 2.05) is 20.0 Å². The van der Waals surface area contributed by atoms with E-state index < -0.39 is 9.84 Å². The summed E-state index contributed by atoms with van der Waals surface area (Å²) in [5.41, 5.74) is 2.68. The first kappa shape index (κ1) is 15.9. The zero-order valence-corrected chi connectivity index (χ0v) is 14.5. The number of carbonyl (C=O) groups excluding carboxylic acids is 1. The second-order valence-corrected chi connectivity index (χ2v) is 8.40. The summed E-state index contributed by atoms with van der Waals surface area (Å²) in [5, 5.41) is 5.16. The Balaban J connectivity index is 1.97. The molecule has 3 heterocycles. The first-order valence-electron chi connectivity index (χ1n) is 7.48. The van der Waals surface area contributed by atoms with Crippen LogP contribution >= 0.6 is 0 Å². The third kappa shape index (κ3) is 2.71. The van der Waals surface area contributed by atoms with E-state index in [0.29, 0.717) is 17.7 Å². The molecule has 0 N–H and O–H groups in total. The number of aryl methyl sites for hydroxylation is 3. The molecule has 1 fully saturated rings. The first-order chi connectivity index (χ1) is 10.7. The molecule has 0 bridgehead atoms. The Morgan fingerprint density at radius 1 is 1.35 bits per heavy atom. The van der Waals surface area contributed by atoms with Crippen molar-refractivity contribution in [3.63, 3.8) is 0 Å². The number of aromatic nitrogens is 3. The van der Waals surface area contributed by atoms with Gasteiger partial charge in [0.05, 0.1) is 28.5 Å². The van der Waals surface area contributed by atoms with E-state index in [2.05, 4.69) is 10.1 Å². The van der Waals surface area contributed by atoms with Gasteiger partial charge in [-0.05, 0) is 26.3 Å². The number of hydrogen-bond acceptors (Lipinski definition) is 5. The Morgan fingerprint density at radius 3 is 2.65 bits per heavy atom. The van der Waals surface area contributed by atoms with E-state index in [1.165, 1.54) is 4.90 Å². The van der Waals surface area contributed by atoms with Crippen molar-refractivity contribution in [1.29, 1.82) is 0 Å².